The van der Waals surface area contributed by atoms with Crippen LogP contribution in [0.15, 0.2) is 16.3 Å². The number of thiophene rings is 1. The normalized spacial score (nSPS) is 26.4. The van der Waals surface area contributed by atoms with Crippen LogP contribution in [0.3, 0.4) is 0 Å². The molecule has 18 heavy (non-hydrogen) atoms. The number of piperidine rings is 1. The highest BCUT2D eigenvalue weighted by Gasteiger charge is 2.33. The number of hydrogen-bond donors (Lipinski definition) is 1. The Morgan fingerprint density at radius 3 is 2.78 bits per heavy atom. The van der Waals surface area contributed by atoms with Crippen molar-refractivity contribution in [3.05, 3.63) is 16.3 Å². The van der Waals surface area contributed by atoms with Crippen LogP contribution in [0, 0.1) is 5.92 Å². The first kappa shape index (κ1) is 14.0. The monoisotopic (exact) mass is 288 g/mol. The lowest BCUT2D eigenvalue weighted by molar-refractivity contribution is 0.220. The third-order valence-corrected chi connectivity index (χ3v) is 6.61. The first-order valence-corrected chi connectivity index (χ1v) is 8.56. The Morgan fingerprint density at radius 1 is 1.50 bits per heavy atom. The predicted molar refractivity (Wildman–Crippen MR) is 74.0 cm³/mol. The van der Waals surface area contributed by atoms with Crippen LogP contribution in [-0.4, -0.2) is 25.3 Å². The van der Waals surface area contributed by atoms with E-state index < -0.39 is 10.0 Å². The van der Waals surface area contributed by atoms with E-state index in [0.29, 0.717) is 23.9 Å². The zero-order valence-electron chi connectivity index (χ0n) is 10.8. The fraction of sp³-hybridized carbons (Fsp3) is 0.667. The van der Waals surface area contributed by atoms with E-state index in [1.54, 1.807) is 15.8 Å². The zero-order chi connectivity index (χ0) is 13.3. The Hall–Kier alpha value is -0.430. The highest BCUT2D eigenvalue weighted by atomic mass is 32.2. The van der Waals surface area contributed by atoms with Crippen molar-refractivity contribution < 1.29 is 8.42 Å². The summed E-state index contributed by atoms with van der Waals surface area (Å²) < 4.78 is 26.7. The maximum Gasteiger partial charge on any atom is 0.244 e. The molecular weight excluding hydrogens is 268 g/mol. The van der Waals surface area contributed by atoms with Gasteiger partial charge in [-0.1, -0.05) is 6.92 Å². The van der Waals surface area contributed by atoms with Crippen LogP contribution in [0.25, 0.3) is 0 Å². The van der Waals surface area contributed by atoms with Gasteiger partial charge < -0.3 is 5.73 Å². The summed E-state index contributed by atoms with van der Waals surface area (Å²) in [6.45, 7) is 5.19. The summed E-state index contributed by atoms with van der Waals surface area (Å²) in [6, 6.07) is 1.78. The van der Waals surface area contributed by atoms with E-state index >= 15 is 0 Å². The van der Waals surface area contributed by atoms with Crippen molar-refractivity contribution >= 4 is 21.4 Å². The molecule has 1 aromatic heterocycles. The minimum atomic E-state index is -3.34. The SMILES string of the molecule is CC1CCN(S(=O)(=O)c2csc(CN)c2)C(C)C1. The first-order chi connectivity index (χ1) is 8.45. The molecule has 0 spiro atoms. The lowest BCUT2D eigenvalue weighted by Crippen LogP contribution is -2.43. The summed E-state index contributed by atoms with van der Waals surface area (Å²) in [5.41, 5.74) is 5.53. The van der Waals surface area contributed by atoms with Crippen molar-refractivity contribution in [3.63, 3.8) is 0 Å². The molecule has 2 heterocycles. The highest BCUT2D eigenvalue weighted by Crippen LogP contribution is 2.29. The van der Waals surface area contributed by atoms with Crippen molar-refractivity contribution in [1.82, 2.24) is 4.31 Å². The second-order valence-corrected chi connectivity index (χ2v) is 7.93. The minimum absolute atomic E-state index is 0.0833. The fourth-order valence-electron chi connectivity index (χ4n) is 2.48. The van der Waals surface area contributed by atoms with E-state index in [9.17, 15) is 8.42 Å². The molecule has 1 fully saturated rings. The molecule has 1 saturated heterocycles. The molecule has 2 unspecified atom stereocenters. The summed E-state index contributed by atoms with van der Waals surface area (Å²) in [4.78, 5) is 1.31. The van der Waals surface area contributed by atoms with Gasteiger partial charge in [0.25, 0.3) is 0 Å². The Kier molecular flexibility index (Phi) is 4.11. The quantitative estimate of drug-likeness (QED) is 0.925. The third-order valence-electron chi connectivity index (χ3n) is 3.51. The summed E-state index contributed by atoms with van der Waals surface area (Å²) in [5.74, 6) is 0.605. The molecular formula is C12H20N2O2S2. The first-order valence-electron chi connectivity index (χ1n) is 6.24. The summed E-state index contributed by atoms with van der Waals surface area (Å²) in [6.07, 6.45) is 1.88. The van der Waals surface area contributed by atoms with Crippen LogP contribution in [0.5, 0.6) is 0 Å². The zero-order valence-corrected chi connectivity index (χ0v) is 12.4. The van der Waals surface area contributed by atoms with E-state index in [-0.39, 0.29) is 6.04 Å². The Bertz CT molecular complexity index is 510. The second kappa shape index (κ2) is 5.28. The molecule has 0 bridgehead atoms. The van der Waals surface area contributed by atoms with E-state index in [1.165, 1.54) is 11.3 Å². The molecule has 4 nitrogen and oxygen atoms in total. The van der Waals surface area contributed by atoms with Gasteiger partial charge >= 0.3 is 0 Å². The topological polar surface area (TPSA) is 63.4 Å². The molecule has 0 saturated carbocycles. The van der Waals surface area contributed by atoms with Gasteiger partial charge in [0.05, 0.1) is 4.90 Å². The van der Waals surface area contributed by atoms with Crippen molar-refractivity contribution in [2.75, 3.05) is 6.54 Å². The molecule has 1 aromatic rings. The summed E-state index contributed by atoms with van der Waals surface area (Å²) >= 11 is 1.41. The fourth-order valence-corrected chi connectivity index (χ4v) is 5.28. The van der Waals surface area contributed by atoms with Gasteiger partial charge in [-0.3, -0.25) is 0 Å². The van der Waals surface area contributed by atoms with Crippen molar-refractivity contribution in [1.29, 1.82) is 0 Å². The average molecular weight is 288 g/mol. The van der Waals surface area contributed by atoms with Crippen LogP contribution in [0.2, 0.25) is 0 Å². The molecule has 2 N–H and O–H groups in total. The molecule has 2 atom stereocenters. The highest BCUT2D eigenvalue weighted by molar-refractivity contribution is 7.89. The van der Waals surface area contributed by atoms with Gasteiger partial charge in [0, 0.05) is 29.4 Å². The van der Waals surface area contributed by atoms with Crippen molar-refractivity contribution in [2.24, 2.45) is 11.7 Å². The Morgan fingerprint density at radius 2 is 2.22 bits per heavy atom. The number of rotatable bonds is 3. The molecule has 1 aliphatic heterocycles. The largest absolute Gasteiger partial charge is 0.326 e. The second-order valence-electron chi connectivity index (χ2n) is 5.05. The van der Waals surface area contributed by atoms with Crippen LogP contribution in [-0.2, 0) is 16.6 Å². The van der Waals surface area contributed by atoms with Gasteiger partial charge in [0.15, 0.2) is 0 Å². The third kappa shape index (κ3) is 2.61. The van der Waals surface area contributed by atoms with Crippen LogP contribution < -0.4 is 5.73 Å². The van der Waals surface area contributed by atoms with E-state index in [2.05, 4.69) is 6.92 Å². The van der Waals surface area contributed by atoms with Gasteiger partial charge in [0.1, 0.15) is 0 Å². The van der Waals surface area contributed by atoms with Gasteiger partial charge in [-0.05, 0) is 31.7 Å². The molecule has 0 aliphatic carbocycles. The maximum atomic E-state index is 12.5. The van der Waals surface area contributed by atoms with Crippen molar-refractivity contribution in [2.45, 2.75) is 44.2 Å². The van der Waals surface area contributed by atoms with Crippen LogP contribution >= 0.6 is 11.3 Å². The number of nitrogens with zero attached hydrogens (tertiary/aromatic N) is 1. The van der Waals surface area contributed by atoms with Crippen LogP contribution in [0.1, 0.15) is 31.6 Å². The van der Waals surface area contributed by atoms with Gasteiger partial charge in [-0.25, -0.2) is 8.42 Å². The standard InChI is InChI=1S/C12H20N2O2S2/c1-9-3-4-14(10(2)5-9)18(15,16)12-6-11(7-13)17-8-12/h6,8-10H,3-5,7,13H2,1-2H3. The maximum absolute atomic E-state index is 12.5. The number of hydrogen-bond acceptors (Lipinski definition) is 4. The van der Waals surface area contributed by atoms with E-state index in [0.717, 1.165) is 17.7 Å². The molecule has 2 rings (SSSR count). The van der Waals surface area contributed by atoms with Crippen molar-refractivity contribution in [3.8, 4) is 0 Å². The molecule has 0 amide bonds. The van der Waals surface area contributed by atoms with E-state index in [1.807, 2.05) is 6.92 Å². The number of sulfonamides is 1. The van der Waals surface area contributed by atoms with Gasteiger partial charge in [-0.2, -0.15) is 4.31 Å². The molecule has 0 radical (unpaired) electrons. The summed E-state index contributed by atoms with van der Waals surface area (Å²) in [5, 5.41) is 1.70. The molecule has 102 valence electrons. The van der Waals surface area contributed by atoms with Gasteiger partial charge in [0.2, 0.25) is 10.0 Å². The number of nitrogens with two attached hydrogens (primary N) is 1. The Balaban J connectivity index is 2.25. The van der Waals surface area contributed by atoms with Gasteiger partial charge in [-0.15, -0.1) is 11.3 Å². The predicted octanol–water partition coefficient (Wildman–Crippen LogP) is 2.02. The summed E-state index contributed by atoms with van der Waals surface area (Å²) in [7, 11) is -3.34. The lowest BCUT2D eigenvalue weighted by atomic mass is 9.95. The molecule has 0 aromatic carbocycles. The smallest absolute Gasteiger partial charge is 0.244 e. The van der Waals surface area contributed by atoms with E-state index in [4.69, 9.17) is 5.73 Å². The lowest BCUT2D eigenvalue weighted by Gasteiger charge is -2.35. The molecule has 1 aliphatic rings. The minimum Gasteiger partial charge on any atom is -0.326 e. The van der Waals surface area contributed by atoms with Crippen LogP contribution in [0.4, 0.5) is 0 Å². The average Bonchev–Trinajstić information content (AvgIpc) is 2.77. The molecule has 6 heteroatoms. The Labute approximate surface area is 113 Å².